The number of nitrogens with two attached hydrogens (primary N) is 1. The fourth-order valence-electron chi connectivity index (χ4n) is 5.13. The Labute approximate surface area is 199 Å². The van der Waals surface area contributed by atoms with Crippen LogP contribution in [-0.4, -0.2) is 49.5 Å². The van der Waals surface area contributed by atoms with E-state index in [0.717, 1.165) is 19.3 Å². The van der Waals surface area contributed by atoms with E-state index in [2.05, 4.69) is 20.2 Å². The number of nitrogens with one attached hydrogen (secondary N) is 1. The molecule has 2 aromatic heterocycles. The second-order valence-corrected chi connectivity index (χ2v) is 8.85. The van der Waals surface area contributed by atoms with E-state index in [1.165, 1.54) is 16.8 Å². The van der Waals surface area contributed by atoms with Crippen LogP contribution in [0.5, 0.6) is 0 Å². The molecule has 2 fully saturated rings. The number of aromatic nitrogens is 3. The van der Waals surface area contributed by atoms with Crippen LogP contribution in [0.4, 0.5) is 11.5 Å². The van der Waals surface area contributed by atoms with Crippen molar-refractivity contribution in [3.63, 3.8) is 0 Å². The zero-order valence-corrected chi connectivity index (χ0v) is 18.7. The van der Waals surface area contributed by atoms with Crippen molar-refractivity contribution in [3.05, 3.63) is 58.7 Å². The molecule has 3 aromatic rings. The third-order valence-corrected chi connectivity index (χ3v) is 6.73. The number of para-hydroxylation sites is 1. The molecule has 0 spiro atoms. The minimum atomic E-state index is -0.692. The van der Waals surface area contributed by atoms with Crippen LogP contribution in [0.1, 0.15) is 29.8 Å². The Balaban J connectivity index is 1.42. The number of carbonyl (C=O) groups excluding carboxylic acids is 3. The first-order valence-corrected chi connectivity index (χ1v) is 11.2. The van der Waals surface area contributed by atoms with Gasteiger partial charge in [-0.15, -0.1) is 0 Å². The van der Waals surface area contributed by atoms with E-state index in [-0.39, 0.29) is 46.8 Å². The first kappa shape index (κ1) is 21.9. The average molecular weight is 478 g/mol. The molecule has 2 aliphatic rings. The van der Waals surface area contributed by atoms with Gasteiger partial charge in [-0.3, -0.25) is 19.1 Å². The Morgan fingerprint density at radius 2 is 2.00 bits per heavy atom. The smallest absolute Gasteiger partial charge is 0.269 e. The predicted molar refractivity (Wildman–Crippen MR) is 124 cm³/mol. The third kappa shape index (κ3) is 3.64. The maximum absolute atomic E-state index is 13.5. The Hall–Kier alpha value is -3.97. The first-order valence-electron chi connectivity index (χ1n) is 10.8. The summed E-state index contributed by atoms with van der Waals surface area (Å²) in [6.45, 7) is 7.17. The largest absolute Gasteiger partial charge is 0.364 e. The monoisotopic (exact) mass is 477 g/mol. The summed E-state index contributed by atoms with van der Waals surface area (Å²) >= 11 is 5.95. The molecule has 172 valence electrons. The second kappa shape index (κ2) is 8.43. The minimum absolute atomic E-state index is 0.0140. The number of hydrogen-bond acceptors (Lipinski definition) is 5. The molecule has 1 aliphatic carbocycles. The minimum Gasteiger partial charge on any atom is -0.364 e. The van der Waals surface area contributed by atoms with Crippen LogP contribution in [0.15, 0.2) is 36.4 Å². The molecular weight excluding hydrogens is 458 g/mol. The summed E-state index contributed by atoms with van der Waals surface area (Å²) in [6, 6.07) is 9.26. The van der Waals surface area contributed by atoms with Crippen LogP contribution >= 0.6 is 11.6 Å². The van der Waals surface area contributed by atoms with Gasteiger partial charge in [0.25, 0.3) is 5.91 Å². The highest BCUT2D eigenvalue weighted by Crippen LogP contribution is 2.43. The SMILES string of the molecule is [C-]#[N+]c1ccc(Cl)nc1NC(=O)[C@@H]1[C@H]2CC[C@H](C2)N1C(=O)Cn1nc(C(N)=O)c2ccccc21. The summed E-state index contributed by atoms with van der Waals surface area (Å²) in [5.74, 6) is -1.26. The normalized spacial score (nSPS) is 20.9. The number of nitrogens with zero attached hydrogens (tertiary/aromatic N) is 5. The molecule has 3 amide bonds. The number of carbonyl (C=O) groups is 3. The molecule has 10 nitrogen and oxygen atoms in total. The van der Waals surface area contributed by atoms with Crippen molar-refractivity contribution in [1.29, 1.82) is 0 Å². The number of halogens is 1. The van der Waals surface area contributed by atoms with Crippen molar-refractivity contribution >= 4 is 51.7 Å². The molecule has 34 heavy (non-hydrogen) atoms. The number of fused-ring (bicyclic) bond motifs is 3. The lowest BCUT2D eigenvalue weighted by Gasteiger charge is -2.34. The van der Waals surface area contributed by atoms with Gasteiger partial charge in [-0.1, -0.05) is 29.8 Å². The highest BCUT2D eigenvalue weighted by atomic mass is 35.5. The van der Waals surface area contributed by atoms with Gasteiger partial charge in [-0.25, -0.2) is 9.83 Å². The van der Waals surface area contributed by atoms with Gasteiger partial charge in [0.2, 0.25) is 17.5 Å². The first-order chi connectivity index (χ1) is 16.4. The van der Waals surface area contributed by atoms with E-state index in [0.29, 0.717) is 10.9 Å². The molecule has 3 heterocycles. The van der Waals surface area contributed by atoms with Gasteiger partial charge in [0, 0.05) is 11.4 Å². The summed E-state index contributed by atoms with van der Waals surface area (Å²) in [7, 11) is 0. The quantitative estimate of drug-likeness (QED) is 0.431. The van der Waals surface area contributed by atoms with E-state index in [9.17, 15) is 14.4 Å². The van der Waals surface area contributed by atoms with Gasteiger partial charge in [0.15, 0.2) is 5.69 Å². The summed E-state index contributed by atoms with van der Waals surface area (Å²) in [5.41, 5.74) is 6.34. The summed E-state index contributed by atoms with van der Waals surface area (Å²) in [6.07, 6.45) is 2.38. The van der Waals surface area contributed by atoms with Gasteiger partial charge < -0.3 is 16.0 Å². The van der Waals surface area contributed by atoms with Crippen molar-refractivity contribution < 1.29 is 14.4 Å². The third-order valence-electron chi connectivity index (χ3n) is 6.52. The zero-order chi connectivity index (χ0) is 24.0. The van der Waals surface area contributed by atoms with Gasteiger partial charge in [0.05, 0.1) is 12.1 Å². The number of primary amides is 1. The second-order valence-electron chi connectivity index (χ2n) is 8.46. The van der Waals surface area contributed by atoms with Gasteiger partial charge in [-0.05, 0) is 43.4 Å². The molecule has 3 N–H and O–H groups in total. The zero-order valence-electron chi connectivity index (χ0n) is 17.9. The molecule has 0 unspecified atom stereocenters. The number of amides is 3. The number of rotatable bonds is 5. The molecule has 11 heteroatoms. The fourth-order valence-corrected chi connectivity index (χ4v) is 5.27. The van der Waals surface area contributed by atoms with Gasteiger partial charge >= 0.3 is 0 Å². The molecule has 2 bridgehead atoms. The average Bonchev–Trinajstić information content (AvgIpc) is 3.53. The molecule has 1 aromatic carbocycles. The van der Waals surface area contributed by atoms with Crippen LogP contribution in [0.3, 0.4) is 0 Å². The summed E-state index contributed by atoms with van der Waals surface area (Å²) in [4.78, 5) is 47.6. The maximum atomic E-state index is 13.5. The van der Waals surface area contributed by atoms with Crippen molar-refractivity contribution in [2.24, 2.45) is 11.7 Å². The van der Waals surface area contributed by atoms with Crippen molar-refractivity contribution in [1.82, 2.24) is 19.7 Å². The molecule has 1 saturated heterocycles. The predicted octanol–water partition coefficient (Wildman–Crippen LogP) is 2.75. The Bertz CT molecular complexity index is 1380. The van der Waals surface area contributed by atoms with E-state index < -0.39 is 17.9 Å². The number of piperidine rings is 1. The molecular formula is C23H20ClN7O3. The number of benzene rings is 1. The molecule has 3 atom stereocenters. The Morgan fingerprint density at radius 1 is 1.21 bits per heavy atom. The van der Waals surface area contributed by atoms with E-state index in [4.69, 9.17) is 23.9 Å². The molecule has 1 aliphatic heterocycles. The highest BCUT2D eigenvalue weighted by Gasteiger charge is 2.51. The molecule has 0 radical (unpaired) electrons. The van der Waals surface area contributed by atoms with Crippen molar-refractivity contribution in [3.8, 4) is 0 Å². The van der Waals surface area contributed by atoms with Crippen LogP contribution in [0.2, 0.25) is 5.15 Å². The highest BCUT2D eigenvalue weighted by molar-refractivity contribution is 6.29. The van der Waals surface area contributed by atoms with E-state index in [1.807, 2.05) is 0 Å². The van der Waals surface area contributed by atoms with Crippen molar-refractivity contribution in [2.45, 2.75) is 37.9 Å². The maximum Gasteiger partial charge on any atom is 0.269 e. The van der Waals surface area contributed by atoms with Crippen LogP contribution < -0.4 is 11.1 Å². The van der Waals surface area contributed by atoms with E-state index in [1.54, 1.807) is 29.2 Å². The lowest BCUT2D eigenvalue weighted by atomic mass is 9.97. The Morgan fingerprint density at radius 3 is 2.76 bits per heavy atom. The summed E-state index contributed by atoms with van der Waals surface area (Å²) in [5, 5.41) is 7.69. The topological polar surface area (TPSA) is 128 Å². The standard InChI is InChI=1S/C23H20ClN7O3/c1-26-15-8-9-17(24)27-22(15)28-23(34)20-12-6-7-13(10-12)31(20)18(32)11-30-16-5-3-2-4-14(16)19(29-30)21(25)33/h2-5,8-9,12-13,20H,6-7,10-11H2,(H2,25,33)(H,27,28,34)/t12-,13+,20-/m0/s1. The van der Waals surface area contributed by atoms with E-state index >= 15 is 0 Å². The summed E-state index contributed by atoms with van der Waals surface area (Å²) < 4.78 is 1.45. The number of hydrogen-bond donors (Lipinski definition) is 2. The lowest BCUT2D eigenvalue weighted by Crippen LogP contribution is -2.52. The van der Waals surface area contributed by atoms with Gasteiger partial charge in [0.1, 0.15) is 23.6 Å². The van der Waals surface area contributed by atoms with Crippen LogP contribution in [-0.2, 0) is 16.1 Å². The number of pyridine rings is 1. The fraction of sp³-hybridized carbons (Fsp3) is 0.304. The van der Waals surface area contributed by atoms with Crippen LogP contribution in [0, 0.1) is 12.5 Å². The van der Waals surface area contributed by atoms with Crippen LogP contribution in [0.25, 0.3) is 15.7 Å². The molecule has 1 saturated carbocycles. The lowest BCUT2D eigenvalue weighted by molar-refractivity contribution is -0.141. The molecule has 5 rings (SSSR count). The van der Waals surface area contributed by atoms with Gasteiger partial charge in [-0.2, -0.15) is 5.10 Å². The Kier molecular flexibility index (Phi) is 5.42. The number of anilines is 1. The van der Waals surface area contributed by atoms with Crippen molar-refractivity contribution in [2.75, 3.05) is 5.32 Å². The number of likely N-dealkylation sites (tertiary alicyclic amines) is 1.